The standard InChI is InChI=1S/C17H32N2O/c18-13-15(12-14-6-2-1-3-7-14)19-10-11-20-17-9-5-4-8-16(17)19/h14-17H,1-13,18H2. The highest BCUT2D eigenvalue weighted by molar-refractivity contribution is 4.91. The molecule has 1 aliphatic heterocycles. The van der Waals surface area contributed by atoms with E-state index in [1.807, 2.05) is 0 Å². The number of rotatable bonds is 4. The minimum absolute atomic E-state index is 0.498. The van der Waals surface area contributed by atoms with E-state index in [0.717, 1.165) is 25.6 Å². The van der Waals surface area contributed by atoms with Crippen LogP contribution in [0.25, 0.3) is 0 Å². The molecule has 3 unspecified atom stereocenters. The molecule has 0 aromatic rings. The minimum atomic E-state index is 0.498. The van der Waals surface area contributed by atoms with Crippen molar-refractivity contribution in [2.75, 3.05) is 19.7 Å². The van der Waals surface area contributed by atoms with Gasteiger partial charge in [-0.25, -0.2) is 0 Å². The number of nitrogens with two attached hydrogens (primary N) is 1. The molecule has 0 aromatic heterocycles. The largest absolute Gasteiger partial charge is 0.375 e. The Morgan fingerprint density at radius 2 is 1.75 bits per heavy atom. The Kier molecular flexibility index (Phi) is 5.36. The molecule has 3 atom stereocenters. The zero-order valence-electron chi connectivity index (χ0n) is 12.9. The smallest absolute Gasteiger partial charge is 0.0731 e. The maximum Gasteiger partial charge on any atom is 0.0731 e. The number of fused-ring (bicyclic) bond motifs is 1. The van der Waals surface area contributed by atoms with Crippen molar-refractivity contribution in [3.05, 3.63) is 0 Å². The molecule has 1 saturated heterocycles. The first-order chi connectivity index (χ1) is 9.88. The average Bonchev–Trinajstić information content (AvgIpc) is 2.53. The van der Waals surface area contributed by atoms with Crippen LogP contribution < -0.4 is 5.73 Å². The molecule has 2 saturated carbocycles. The van der Waals surface area contributed by atoms with Gasteiger partial charge in [-0.05, 0) is 25.2 Å². The van der Waals surface area contributed by atoms with Gasteiger partial charge in [-0.1, -0.05) is 44.9 Å². The van der Waals surface area contributed by atoms with Gasteiger partial charge in [-0.3, -0.25) is 4.90 Å². The molecule has 3 rings (SSSR count). The lowest BCUT2D eigenvalue weighted by atomic mass is 9.83. The van der Waals surface area contributed by atoms with Crippen LogP contribution in [0.4, 0.5) is 0 Å². The van der Waals surface area contributed by atoms with Crippen molar-refractivity contribution in [3.8, 4) is 0 Å². The third-order valence-electron chi connectivity index (χ3n) is 5.85. The van der Waals surface area contributed by atoms with Gasteiger partial charge in [0.25, 0.3) is 0 Å². The molecule has 0 radical (unpaired) electrons. The van der Waals surface area contributed by atoms with Crippen LogP contribution in [0.1, 0.15) is 64.2 Å². The molecule has 0 aromatic carbocycles. The average molecular weight is 280 g/mol. The van der Waals surface area contributed by atoms with Crippen molar-refractivity contribution in [2.45, 2.75) is 82.4 Å². The summed E-state index contributed by atoms with van der Waals surface area (Å²) >= 11 is 0. The highest BCUT2D eigenvalue weighted by Crippen LogP contribution is 2.33. The lowest BCUT2D eigenvalue weighted by molar-refractivity contribution is -0.104. The summed E-state index contributed by atoms with van der Waals surface area (Å²) in [5.74, 6) is 0.933. The summed E-state index contributed by atoms with van der Waals surface area (Å²) in [7, 11) is 0. The van der Waals surface area contributed by atoms with E-state index in [-0.39, 0.29) is 0 Å². The van der Waals surface area contributed by atoms with E-state index in [1.54, 1.807) is 0 Å². The Labute approximate surface area is 124 Å². The van der Waals surface area contributed by atoms with E-state index in [1.165, 1.54) is 64.2 Å². The monoisotopic (exact) mass is 280 g/mol. The molecule has 0 bridgehead atoms. The molecule has 3 nitrogen and oxygen atoms in total. The maximum atomic E-state index is 6.16. The second kappa shape index (κ2) is 7.24. The van der Waals surface area contributed by atoms with Crippen molar-refractivity contribution < 1.29 is 4.74 Å². The van der Waals surface area contributed by atoms with Crippen LogP contribution in [0.5, 0.6) is 0 Å². The minimum Gasteiger partial charge on any atom is -0.375 e. The Bertz CT molecular complexity index is 289. The quantitative estimate of drug-likeness (QED) is 0.860. The van der Waals surface area contributed by atoms with Gasteiger partial charge >= 0.3 is 0 Å². The predicted octanol–water partition coefficient (Wildman–Crippen LogP) is 2.93. The van der Waals surface area contributed by atoms with Crippen LogP contribution in [0, 0.1) is 5.92 Å². The molecule has 0 spiro atoms. The molecule has 2 aliphatic carbocycles. The second-order valence-electron chi connectivity index (χ2n) is 7.13. The summed E-state index contributed by atoms with van der Waals surface area (Å²) < 4.78 is 6.01. The first-order valence-electron chi connectivity index (χ1n) is 8.96. The zero-order chi connectivity index (χ0) is 13.8. The van der Waals surface area contributed by atoms with E-state index in [2.05, 4.69) is 4.90 Å². The molecule has 3 aliphatic rings. The van der Waals surface area contributed by atoms with Crippen molar-refractivity contribution in [1.29, 1.82) is 0 Å². The van der Waals surface area contributed by atoms with Crippen molar-refractivity contribution >= 4 is 0 Å². The number of hydrogen-bond donors (Lipinski definition) is 1. The first-order valence-corrected chi connectivity index (χ1v) is 8.96. The Morgan fingerprint density at radius 1 is 1.00 bits per heavy atom. The van der Waals surface area contributed by atoms with Crippen molar-refractivity contribution in [3.63, 3.8) is 0 Å². The van der Waals surface area contributed by atoms with Gasteiger partial charge < -0.3 is 10.5 Å². The topological polar surface area (TPSA) is 38.5 Å². The molecular formula is C17H32N2O. The summed E-state index contributed by atoms with van der Waals surface area (Å²) in [6.07, 6.45) is 14.4. The van der Waals surface area contributed by atoms with Gasteiger partial charge in [-0.2, -0.15) is 0 Å². The molecule has 116 valence electrons. The summed E-state index contributed by atoms with van der Waals surface area (Å²) in [5.41, 5.74) is 6.16. The zero-order valence-corrected chi connectivity index (χ0v) is 12.9. The number of nitrogens with zero attached hydrogens (tertiary/aromatic N) is 1. The molecule has 1 heterocycles. The summed E-state index contributed by atoms with van der Waals surface area (Å²) in [5, 5.41) is 0. The van der Waals surface area contributed by atoms with Gasteiger partial charge in [-0.15, -0.1) is 0 Å². The van der Waals surface area contributed by atoms with E-state index in [9.17, 15) is 0 Å². The highest BCUT2D eigenvalue weighted by Gasteiger charge is 2.37. The summed E-state index contributed by atoms with van der Waals surface area (Å²) in [6, 6.07) is 1.27. The van der Waals surface area contributed by atoms with Gasteiger partial charge in [0.2, 0.25) is 0 Å². The third kappa shape index (κ3) is 3.37. The van der Waals surface area contributed by atoms with Crippen LogP contribution in [0.3, 0.4) is 0 Å². The van der Waals surface area contributed by atoms with E-state index in [0.29, 0.717) is 18.2 Å². The highest BCUT2D eigenvalue weighted by atomic mass is 16.5. The lowest BCUT2D eigenvalue weighted by Crippen LogP contribution is -2.58. The van der Waals surface area contributed by atoms with Crippen LogP contribution in [-0.2, 0) is 4.74 Å². The molecular weight excluding hydrogens is 248 g/mol. The molecule has 0 amide bonds. The van der Waals surface area contributed by atoms with E-state index < -0.39 is 0 Å². The Morgan fingerprint density at radius 3 is 2.55 bits per heavy atom. The molecule has 3 fully saturated rings. The van der Waals surface area contributed by atoms with E-state index in [4.69, 9.17) is 10.5 Å². The van der Waals surface area contributed by atoms with Gasteiger partial charge in [0.15, 0.2) is 0 Å². The number of hydrogen-bond acceptors (Lipinski definition) is 3. The fraction of sp³-hybridized carbons (Fsp3) is 1.00. The summed E-state index contributed by atoms with van der Waals surface area (Å²) in [4.78, 5) is 2.74. The van der Waals surface area contributed by atoms with Crippen LogP contribution in [0.15, 0.2) is 0 Å². The predicted molar refractivity (Wildman–Crippen MR) is 82.7 cm³/mol. The SMILES string of the molecule is NCC(CC1CCCCC1)N1CCOC2CCCCC21. The normalized spacial score (nSPS) is 34.6. The molecule has 2 N–H and O–H groups in total. The summed E-state index contributed by atoms with van der Waals surface area (Å²) in [6.45, 7) is 2.86. The lowest BCUT2D eigenvalue weighted by Gasteiger charge is -2.48. The fourth-order valence-corrected chi connectivity index (χ4v) is 4.75. The second-order valence-corrected chi connectivity index (χ2v) is 7.13. The van der Waals surface area contributed by atoms with Crippen LogP contribution in [0.2, 0.25) is 0 Å². The van der Waals surface area contributed by atoms with Crippen LogP contribution >= 0.6 is 0 Å². The number of morpholine rings is 1. The Balaban J connectivity index is 1.61. The van der Waals surface area contributed by atoms with Gasteiger partial charge in [0.1, 0.15) is 0 Å². The first kappa shape index (κ1) is 14.8. The van der Waals surface area contributed by atoms with E-state index >= 15 is 0 Å². The molecule has 3 heteroatoms. The van der Waals surface area contributed by atoms with Crippen LogP contribution in [-0.4, -0.2) is 42.8 Å². The third-order valence-corrected chi connectivity index (χ3v) is 5.85. The number of ether oxygens (including phenoxy) is 1. The Hall–Kier alpha value is -0.120. The van der Waals surface area contributed by atoms with Crippen molar-refractivity contribution in [2.24, 2.45) is 11.7 Å². The van der Waals surface area contributed by atoms with Crippen molar-refractivity contribution in [1.82, 2.24) is 4.90 Å². The van der Waals surface area contributed by atoms with Gasteiger partial charge in [0, 0.05) is 25.2 Å². The van der Waals surface area contributed by atoms with Gasteiger partial charge in [0.05, 0.1) is 12.7 Å². The fourth-order valence-electron chi connectivity index (χ4n) is 4.75. The molecule has 20 heavy (non-hydrogen) atoms. The maximum absolute atomic E-state index is 6.16.